The number of ether oxygens (including phenoxy) is 1. The lowest BCUT2D eigenvalue weighted by Gasteiger charge is -2.21. The van der Waals surface area contributed by atoms with Crippen molar-refractivity contribution in [1.82, 2.24) is 9.97 Å². The van der Waals surface area contributed by atoms with Gasteiger partial charge in [0.2, 0.25) is 5.91 Å². The lowest BCUT2D eigenvalue weighted by molar-refractivity contribution is -0.120. The first-order chi connectivity index (χ1) is 12.7. The van der Waals surface area contributed by atoms with E-state index in [4.69, 9.17) is 4.74 Å². The van der Waals surface area contributed by atoms with Crippen LogP contribution in [0.25, 0.3) is 0 Å². The number of aryl methyl sites for hydroxylation is 2. The maximum Gasteiger partial charge on any atom is 0.227 e. The molecule has 1 aliphatic rings. The van der Waals surface area contributed by atoms with Crippen molar-refractivity contribution in [3.63, 3.8) is 0 Å². The van der Waals surface area contributed by atoms with E-state index in [9.17, 15) is 4.79 Å². The number of amides is 1. The molecule has 1 unspecified atom stereocenters. The van der Waals surface area contributed by atoms with E-state index in [0.29, 0.717) is 17.9 Å². The van der Waals surface area contributed by atoms with Crippen LogP contribution >= 0.6 is 0 Å². The van der Waals surface area contributed by atoms with Crippen molar-refractivity contribution in [2.24, 2.45) is 5.92 Å². The van der Waals surface area contributed by atoms with E-state index in [1.807, 2.05) is 61.5 Å². The van der Waals surface area contributed by atoms with Crippen LogP contribution in [0.1, 0.15) is 23.6 Å². The maximum atomic E-state index is 12.8. The second kappa shape index (κ2) is 7.04. The van der Waals surface area contributed by atoms with Gasteiger partial charge in [0.15, 0.2) is 5.75 Å². The molecule has 3 aromatic rings. The number of aromatic amines is 1. The van der Waals surface area contributed by atoms with E-state index in [2.05, 4.69) is 15.3 Å². The van der Waals surface area contributed by atoms with Gasteiger partial charge >= 0.3 is 0 Å². The Bertz CT molecular complexity index is 918. The van der Waals surface area contributed by atoms with Crippen molar-refractivity contribution >= 4 is 11.6 Å². The molecule has 0 saturated carbocycles. The second-order valence-corrected chi connectivity index (χ2v) is 6.59. The number of anilines is 1. The molecule has 0 radical (unpaired) electrons. The Labute approximate surface area is 152 Å². The predicted molar refractivity (Wildman–Crippen MR) is 100 cm³/mol. The van der Waals surface area contributed by atoms with Crippen LogP contribution in [-0.2, 0) is 17.6 Å². The van der Waals surface area contributed by atoms with Gasteiger partial charge in [-0.2, -0.15) is 0 Å². The van der Waals surface area contributed by atoms with E-state index in [0.717, 1.165) is 35.8 Å². The van der Waals surface area contributed by atoms with E-state index in [-0.39, 0.29) is 11.8 Å². The maximum absolute atomic E-state index is 12.8. The summed E-state index contributed by atoms with van der Waals surface area (Å²) < 4.78 is 5.93. The number of para-hydroxylation sites is 3. The smallest absolute Gasteiger partial charge is 0.227 e. The molecular formula is C21H21N3O2. The molecule has 0 spiro atoms. The van der Waals surface area contributed by atoms with Crippen molar-refractivity contribution in [2.75, 3.05) is 5.32 Å². The standard InChI is InChI=1S/C21H21N3O2/c1-14-22-17-12-11-15(13-19(17)23-14)21(25)24-18-9-5-6-10-20(18)26-16-7-3-2-4-8-16/h2-10,15H,11-13H2,1H3,(H,22,23)(H,24,25). The summed E-state index contributed by atoms with van der Waals surface area (Å²) >= 11 is 0. The van der Waals surface area contributed by atoms with Crippen LogP contribution in [0.4, 0.5) is 5.69 Å². The molecule has 1 aromatic heterocycles. The highest BCUT2D eigenvalue weighted by Crippen LogP contribution is 2.31. The molecule has 1 atom stereocenters. The molecule has 1 aliphatic carbocycles. The molecule has 1 heterocycles. The molecule has 0 aliphatic heterocycles. The number of carbonyl (C=O) groups is 1. The number of rotatable bonds is 4. The Morgan fingerprint density at radius 3 is 2.77 bits per heavy atom. The highest BCUT2D eigenvalue weighted by molar-refractivity contribution is 5.94. The van der Waals surface area contributed by atoms with Crippen LogP contribution in [0.15, 0.2) is 54.6 Å². The number of hydrogen-bond donors (Lipinski definition) is 2. The molecule has 2 N–H and O–H groups in total. The quantitative estimate of drug-likeness (QED) is 0.741. The van der Waals surface area contributed by atoms with Crippen LogP contribution in [0.2, 0.25) is 0 Å². The molecule has 132 valence electrons. The molecule has 0 fully saturated rings. The van der Waals surface area contributed by atoms with Crippen molar-refractivity contribution in [3.8, 4) is 11.5 Å². The molecule has 4 rings (SSSR count). The number of aromatic nitrogens is 2. The minimum Gasteiger partial charge on any atom is -0.455 e. The first-order valence-electron chi connectivity index (χ1n) is 8.86. The van der Waals surface area contributed by atoms with Gasteiger partial charge in [-0.1, -0.05) is 30.3 Å². The summed E-state index contributed by atoms with van der Waals surface area (Å²) in [6.07, 6.45) is 2.34. The van der Waals surface area contributed by atoms with Gasteiger partial charge in [-0.05, 0) is 44.0 Å². The number of fused-ring (bicyclic) bond motifs is 1. The predicted octanol–water partition coefficient (Wildman–Crippen LogP) is 4.25. The average molecular weight is 347 g/mol. The SMILES string of the molecule is Cc1nc2c([nH]1)CC(C(=O)Nc1ccccc1Oc1ccccc1)CC2. The minimum atomic E-state index is -0.0628. The normalized spacial score (nSPS) is 16.0. The topological polar surface area (TPSA) is 67.0 Å². The Morgan fingerprint density at radius 2 is 1.92 bits per heavy atom. The zero-order chi connectivity index (χ0) is 17.9. The van der Waals surface area contributed by atoms with E-state index >= 15 is 0 Å². The van der Waals surface area contributed by atoms with E-state index in [1.54, 1.807) is 0 Å². The second-order valence-electron chi connectivity index (χ2n) is 6.59. The molecule has 0 bridgehead atoms. The minimum absolute atomic E-state index is 0.0204. The molecule has 1 amide bonds. The Hall–Kier alpha value is -3.08. The van der Waals surface area contributed by atoms with Gasteiger partial charge in [0.05, 0.1) is 11.4 Å². The molecule has 5 heteroatoms. The molecular weight excluding hydrogens is 326 g/mol. The zero-order valence-corrected chi connectivity index (χ0v) is 14.7. The van der Waals surface area contributed by atoms with Crippen LogP contribution in [0.5, 0.6) is 11.5 Å². The van der Waals surface area contributed by atoms with Crippen molar-refractivity contribution in [1.29, 1.82) is 0 Å². The number of nitrogens with one attached hydrogen (secondary N) is 2. The Kier molecular flexibility index (Phi) is 4.44. The Balaban J connectivity index is 1.48. The van der Waals surface area contributed by atoms with Crippen molar-refractivity contribution in [3.05, 3.63) is 71.8 Å². The van der Waals surface area contributed by atoms with E-state index in [1.165, 1.54) is 0 Å². The van der Waals surface area contributed by atoms with Gasteiger partial charge in [-0.25, -0.2) is 4.98 Å². The van der Waals surface area contributed by atoms with E-state index < -0.39 is 0 Å². The largest absolute Gasteiger partial charge is 0.455 e. The average Bonchev–Trinajstić information content (AvgIpc) is 3.03. The molecule has 26 heavy (non-hydrogen) atoms. The van der Waals surface area contributed by atoms with Crippen molar-refractivity contribution in [2.45, 2.75) is 26.2 Å². The summed E-state index contributed by atoms with van der Waals surface area (Å²) in [6.45, 7) is 1.95. The van der Waals surface area contributed by atoms with Gasteiger partial charge < -0.3 is 15.0 Å². The fourth-order valence-corrected chi connectivity index (χ4v) is 3.36. The molecule has 2 aromatic carbocycles. The van der Waals surface area contributed by atoms with Gasteiger partial charge in [-0.15, -0.1) is 0 Å². The number of hydrogen-bond acceptors (Lipinski definition) is 3. The number of H-pyrrole nitrogens is 1. The fraction of sp³-hybridized carbons (Fsp3) is 0.238. The summed E-state index contributed by atoms with van der Waals surface area (Å²) in [5.41, 5.74) is 2.87. The zero-order valence-electron chi connectivity index (χ0n) is 14.7. The summed E-state index contributed by atoms with van der Waals surface area (Å²) in [7, 11) is 0. The van der Waals surface area contributed by atoms with Gasteiger partial charge in [-0.3, -0.25) is 4.79 Å². The summed E-state index contributed by atoms with van der Waals surface area (Å²) in [5.74, 6) is 2.25. The third-order valence-corrected chi connectivity index (χ3v) is 4.65. The van der Waals surface area contributed by atoms with Crippen LogP contribution in [0.3, 0.4) is 0 Å². The lowest BCUT2D eigenvalue weighted by Crippen LogP contribution is -2.28. The van der Waals surface area contributed by atoms with Crippen LogP contribution in [0, 0.1) is 12.8 Å². The number of benzene rings is 2. The highest BCUT2D eigenvalue weighted by atomic mass is 16.5. The third-order valence-electron chi connectivity index (χ3n) is 4.65. The summed E-state index contributed by atoms with van der Waals surface area (Å²) in [5, 5.41) is 3.04. The lowest BCUT2D eigenvalue weighted by atomic mass is 9.89. The highest BCUT2D eigenvalue weighted by Gasteiger charge is 2.27. The molecule has 0 saturated heterocycles. The van der Waals surface area contributed by atoms with Gasteiger partial charge in [0, 0.05) is 18.0 Å². The first-order valence-corrected chi connectivity index (χ1v) is 8.86. The number of nitrogens with zero attached hydrogens (tertiary/aromatic N) is 1. The van der Waals surface area contributed by atoms with Gasteiger partial charge in [0.25, 0.3) is 0 Å². The number of imidazole rings is 1. The van der Waals surface area contributed by atoms with Crippen LogP contribution < -0.4 is 10.1 Å². The molecule has 5 nitrogen and oxygen atoms in total. The van der Waals surface area contributed by atoms with Crippen LogP contribution in [-0.4, -0.2) is 15.9 Å². The van der Waals surface area contributed by atoms with Gasteiger partial charge in [0.1, 0.15) is 11.6 Å². The third kappa shape index (κ3) is 3.47. The summed E-state index contributed by atoms with van der Waals surface area (Å²) in [6, 6.07) is 17.1. The van der Waals surface area contributed by atoms with Crippen molar-refractivity contribution < 1.29 is 9.53 Å². The fourth-order valence-electron chi connectivity index (χ4n) is 3.36. The first kappa shape index (κ1) is 16.4. The summed E-state index contributed by atoms with van der Waals surface area (Å²) in [4.78, 5) is 20.5. The monoisotopic (exact) mass is 347 g/mol. The Morgan fingerprint density at radius 1 is 1.15 bits per heavy atom. The number of carbonyl (C=O) groups excluding carboxylic acids is 1.